The number of amidine groups is 1. The Morgan fingerprint density at radius 1 is 1.45 bits per heavy atom. The summed E-state index contributed by atoms with van der Waals surface area (Å²) in [6.07, 6.45) is 1.29. The average molecular weight is 276 g/mol. The first-order valence-electron chi connectivity index (χ1n) is 7.02. The number of likely N-dealkylation sites (tertiary alicyclic amines) is 1. The monoisotopic (exact) mass is 276 g/mol. The summed E-state index contributed by atoms with van der Waals surface area (Å²) in [4.78, 5) is 4.76. The fraction of sp³-hybridized carbons (Fsp3) is 0.533. The van der Waals surface area contributed by atoms with Gasteiger partial charge in [0.15, 0.2) is 5.84 Å². The van der Waals surface area contributed by atoms with Gasteiger partial charge in [-0.2, -0.15) is 0 Å². The molecule has 1 saturated heterocycles. The van der Waals surface area contributed by atoms with Crippen molar-refractivity contribution in [2.24, 2.45) is 16.8 Å². The van der Waals surface area contributed by atoms with E-state index < -0.39 is 0 Å². The smallest absolute Gasteiger partial charge is 0.170 e. The van der Waals surface area contributed by atoms with Crippen molar-refractivity contribution in [1.29, 1.82) is 0 Å². The summed E-state index contributed by atoms with van der Waals surface area (Å²) in [5.74, 6) is 0.931. The van der Waals surface area contributed by atoms with Crippen LogP contribution in [-0.4, -0.2) is 54.6 Å². The molecule has 20 heavy (non-hydrogen) atoms. The van der Waals surface area contributed by atoms with Gasteiger partial charge in [-0.05, 0) is 38.5 Å². The Kier molecular flexibility index (Phi) is 4.98. The molecular formula is C15H24N4O. The van der Waals surface area contributed by atoms with Gasteiger partial charge in [0.2, 0.25) is 0 Å². The fourth-order valence-electron chi connectivity index (χ4n) is 2.83. The highest BCUT2D eigenvalue weighted by Crippen LogP contribution is 2.16. The first-order chi connectivity index (χ1) is 9.58. The fourth-order valence-corrected chi connectivity index (χ4v) is 2.83. The second kappa shape index (κ2) is 6.72. The zero-order valence-electron chi connectivity index (χ0n) is 12.3. The lowest BCUT2D eigenvalue weighted by Gasteiger charge is -2.21. The zero-order chi connectivity index (χ0) is 14.5. The first kappa shape index (κ1) is 14.8. The van der Waals surface area contributed by atoms with E-state index >= 15 is 0 Å². The van der Waals surface area contributed by atoms with Crippen molar-refractivity contribution in [3.8, 4) is 0 Å². The van der Waals surface area contributed by atoms with Crippen LogP contribution in [0.15, 0.2) is 29.4 Å². The Hall–Kier alpha value is -1.59. The van der Waals surface area contributed by atoms with Gasteiger partial charge in [0.25, 0.3) is 0 Å². The van der Waals surface area contributed by atoms with E-state index in [1.165, 1.54) is 25.1 Å². The maximum absolute atomic E-state index is 8.63. The quantitative estimate of drug-likeness (QED) is 0.367. The lowest BCUT2D eigenvalue weighted by atomic mass is 10.1. The molecule has 0 spiro atoms. The molecule has 0 saturated carbocycles. The van der Waals surface area contributed by atoms with Gasteiger partial charge in [-0.1, -0.05) is 29.4 Å². The second-order valence-corrected chi connectivity index (χ2v) is 5.80. The van der Waals surface area contributed by atoms with E-state index in [2.05, 4.69) is 29.1 Å². The van der Waals surface area contributed by atoms with Crippen molar-refractivity contribution in [1.82, 2.24) is 9.80 Å². The Morgan fingerprint density at radius 2 is 2.15 bits per heavy atom. The van der Waals surface area contributed by atoms with Crippen LogP contribution in [0, 0.1) is 5.92 Å². The molecule has 0 bridgehead atoms. The summed E-state index contributed by atoms with van der Waals surface area (Å²) < 4.78 is 0. The largest absolute Gasteiger partial charge is 0.409 e. The molecule has 5 heteroatoms. The highest BCUT2D eigenvalue weighted by Gasteiger charge is 2.20. The van der Waals surface area contributed by atoms with Gasteiger partial charge in [-0.3, -0.25) is 0 Å². The third kappa shape index (κ3) is 3.95. The van der Waals surface area contributed by atoms with Gasteiger partial charge in [0, 0.05) is 25.2 Å². The van der Waals surface area contributed by atoms with Gasteiger partial charge in [0.1, 0.15) is 0 Å². The third-order valence-corrected chi connectivity index (χ3v) is 3.87. The molecule has 1 heterocycles. The van der Waals surface area contributed by atoms with Crippen LogP contribution in [0.4, 0.5) is 0 Å². The summed E-state index contributed by atoms with van der Waals surface area (Å²) in [5.41, 5.74) is 7.54. The van der Waals surface area contributed by atoms with Crippen LogP contribution < -0.4 is 5.73 Å². The summed E-state index contributed by atoms with van der Waals surface area (Å²) in [5, 5.41) is 11.6. The number of rotatable bonds is 5. The van der Waals surface area contributed by atoms with Crippen molar-refractivity contribution in [2.45, 2.75) is 13.0 Å². The third-order valence-electron chi connectivity index (χ3n) is 3.87. The van der Waals surface area contributed by atoms with Gasteiger partial charge < -0.3 is 20.7 Å². The lowest BCUT2D eigenvalue weighted by molar-refractivity contribution is 0.267. The van der Waals surface area contributed by atoms with Crippen LogP contribution in [0.1, 0.15) is 17.5 Å². The molecule has 3 N–H and O–H groups in total. The molecule has 5 nitrogen and oxygen atoms in total. The van der Waals surface area contributed by atoms with E-state index in [1.54, 1.807) is 0 Å². The van der Waals surface area contributed by atoms with Crippen LogP contribution in [0.25, 0.3) is 0 Å². The van der Waals surface area contributed by atoms with Gasteiger partial charge in [-0.25, -0.2) is 0 Å². The summed E-state index contributed by atoms with van der Waals surface area (Å²) >= 11 is 0. The molecule has 0 amide bonds. The predicted octanol–water partition coefficient (Wildman–Crippen LogP) is 1.16. The predicted molar refractivity (Wildman–Crippen MR) is 80.9 cm³/mol. The summed E-state index contributed by atoms with van der Waals surface area (Å²) in [7, 11) is 4.35. The van der Waals surface area contributed by atoms with Crippen molar-refractivity contribution < 1.29 is 5.21 Å². The Bertz CT molecular complexity index is 457. The number of benzene rings is 1. The van der Waals surface area contributed by atoms with Gasteiger partial charge in [-0.15, -0.1) is 0 Å². The molecule has 0 aromatic heterocycles. The number of nitrogens with two attached hydrogens (primary N) is 1. The van der Waals surface area contributed by atoms with Crippen molar-refractivity contribution in [2.75, 3.05) is 33.7 Å². The molecule has 1 unspecified atom stereocenters. The Labute approximate surface area is 120 Å². The molecule has 1 aliphatic heterocycles. The van der Waals surface area contributed by atoms with E-state index in [0.29, 0.717) is 0 Å². The van der Waals surface area contributed by atoms with Crippen LogP contribution in [0.2, 0.25) is 0 Å². The van der Waals surface area contributed by atoms with Crippen LogP contribution in [-0.2, 0) is 6.54 Å². The highest BCUT2D eigenvalue weighted by atomic mass is 16.4. The minimum atomic E-state index is 0.152. The highest BCUT2D eigenvalue weighted by molar-refractivity contribution is 5.96. The molecule has 1 aromatic rings. The maximum atomic E-state index is 8.63. The standard InChI is InChI=1S/C15H24N4O/c1-18-8-7-13(10-18)11-19(2)9-12-3-5-14(6-4-12)15(16)17-20/h3-6,13,20H,7-11H2,1-2H3,(H2,16,17). The lowest BCUT2D eigenvalue weighted by Crippen LogP contribution is -2.27. The normalized spacial score (nSPS) is 20.8. The Balaban J connectivity index is 1.86. The molecule has 2 rings (SSSR count). The van der Waals surface area contributed by atoms with E-state index in [1.807, 2.05) is 24.3 Å². The molecule has 1 atom stereocenters. The first-order valence-corrected chi connectivity index (χ1v) is 7.02. The minimum Gasteiger partial charge on any atom is -0.409 e. The van der Waals surface area contributed by atoms with E-state index in [0.717, 1.165) is 24.6 Å². The molecular weight excluding hydrogens is 252 g/mol. The molecule has 110 valence electrons. The van der Waals surface area contributed by atoms with Crippen molar-refractivity contribution in [3.63, 3.8) is 0 Å². The van der Waals surface area contributed by atoms with Crippen LogP contribution >= 0.6 is 0 Å². The van der Waals surface area contributed by atoms with Crippen LogP contribution in [0.5, 0.6) is 0 Å². The SMILES string of the molecule is CN1CCC(CN(C)Cc2ccc(C(N)=NO)cc2)C1. The zero-order valence-corrected chi connectivity index (χ0v) is 12.3. The van der Waals surface area contributed by atoms with Gasteiger partial charge >= 0.3 is 0 Å². The number of hydrogen-bond donors (Lipinski definition) is 2. The second-order valence-electron chi connectivity index (χ2n) is 5.80. The number of nitrogens with zero attached hydrogens (tertiary/aromatic N) is 3. The molecule has 1 aromatic carbocycles. The van der Waals surface area contributed by atoms with E-state index in [9.17, 15) is 0 Å². The van der Waals surface area contributed by atoms with E-state index in [-0.39, 0.29) is 5.84 Å². The molecule has 0 aliphatic carbocycles. The van der Waals surface area contributed by atoms with E-state index in [4.69, 9.17) is 10.9 Å². The maximum Gasteiger partial charge on any atom is 0.170 e. The van der Waals surface area contributed by atoms with Crippen molar-refractivity contribution in [3.05, 3.63) is 35.4 Å². The molecule has 1 fully saturated rings. The summed E-state index contributed by atoms with van der Waals surface area (Å²) in [6.45, 7) is 4.47. The average Bonchev–Trinajstić information content (AvgIpc) is 2.84. The van der Waals surface area contributed by atoms with Gasteiger partial charge in [0.05, 0.1) is 0 Å². The topological polar surface area (TPSA) is 65.1 Å². The number of oxime groups is 1. The number of hydrogen-bond acceptors (Lipinski definition) is 4. The summed E-state index contributed by atoms with van der Waals surface area (Å²) in [6, 6.07) is 7.85. The Morgan fingerprint density at radius 3 is 2.70 bits per heavy atom. The minimum absolute atomic E-state index is 0.152. The molecule has 0 radical (unpaired) electrons. The molecule has 1 aliphatic rings. The van der Waals surface area contributed by atoms with Crippen LogP contribution in [0.3, 0.4) is 0 Å². The van der Waals surface area contributed by atoms with Crippen molar-refractivity contribution >= 4 is 5.84 Å².